The number of nitrogens with zero attached hydrogens (tertiary/aromatic N) is 1. The Bertz CT molecular complexity index is 373. The first kappa shape index (κ1) is 11.3. The van der Waals surface area contributed by atoms with Crippen LogP contribution in [0.25, 0.3) is 0 Å². The minimum absolute atomic E-state index is 0.0609. The van der Waals surface area contributed by atoms with Crippen LogP contribution < -0.4 is 5.32 Å². The molecule has 1 aromatic carbocycles. The standard InChI is InChI=1S/C12H15ClN2O/c1-15(8-9-2-3-9)12(16)14-11-6-4-10(13)5-7-11/h4-7,9H,2-3,8H2,1H3,(H,14,16). The number of hydrogen-bond donors (Lipinski definition) is 1. The summed E-state index contributed by atoms with van der Waals surface area (Å²) in [5.74, 6) is 0.709. The number of nitrogens with one attached hydrogen (secondary N) is 1. The normalized spacial score (nSPS) is 14.6. The average Bonchev–Trinajstić information content (AvgIpc) is 3.05. The number of carbonyl (C=O) groups excluding carboxylic acids is 1. The Balaban J connectivity index is 1.87. The number of hydrogen-bond acceptors (Lipinski definition) is 1. The van der Waals surface area contributed by atoms with E-state index in [0.29, 0.717) is 10.9 Å². The molecule has 0 saturated heterocycles. The van der Waals surface area contributed by atoms with Gasteiger partial charge in [0.1, 0.15) is 0 Å². The van der Waals surface area contributed by atoms with E-state index in [-0.39, 0.29) is 6.03 Å². The zero-order valence-electron chi connectivity index (χ0n) is 9.24. The Morgan fingerprint density at radius 1 is 1.44 bits per heavy atom. The van der Waals surface area contributed by atoms with Gasteiger partial charge < -0.3 is 10.2 Å². The van der Waals surface area contributed by atoms with Crippen molar-refractivity contribution in [1.82, 2.24) is 4.90 Å². The minimum atomic E-state index is -0.0609. The van der Waals surface area contributed by atoms with E-state index < -0.39 is 0 Å². The second kappa shape index (κ2) is 4.74. The lowest BCUT2D eigenvalue weighted by molar-refractivity contribution is 0.220. The molecule has 0 unspecified atom stereocenters. The van der Waals surface area contributed by atoms with Gasteiger partial charge in [-0.15, -0.1) is 0 Å². The summed E-state index contributed by atoms with van der Waals surface area (Å²) >= 11 is 5.76. The molecule has 1 saturated carbocycles. The van der Waals surface area contributed by atoms with Crippen LogP contribution in [0.1, 0.15) is 12.8 Å². The SMILES string of the molecule is CN(CC1CC1)C(=O)Nc1ccc(Cl)cc1. The summed E-state index contributed by atoms with van der Waals surface area (Å²) in [6, 6.07) is 7.06. The summed E-state index contributed by atoms with van der Waals surface area (Å²) in [5, 5.41) is 3.50. The van der Waals surface area contributed by atoms with E-state index in [1.54, 1.807) is 29.2 Å². The summed E-state index contributed by atoms with van der Waals surface area (Å²) in [5.41, 5.74) is 0.775. The third kappa shape index (κ3) is 3.14. The van der Waals surface area contributed by atoms with Gasteiger partial charge in [-0.2, -0.15) is 0 Å². The lowest BCUT2D eigenvalue weighted by Gasteiger charge is -2.17. The van der Waals surface area contributed by atoms with E-state index in [9.17, 15) is 4.79 Å². The van der Waals surface area contributed by atoms with E-state index in [0.717, 1.165) is 12.2 Å². The Labute approximate surface area is 100 Å². The van der Waals surface area contributed by atoms with Crippen molar-refractivity contribution in [2.45, 2.75) is 12.8 Å². The molecule has 0 radical (unpaired) electrons. The molecule has 86 valence electrons. The highest BCUT2D eigenvalue weighted by Gasteiger charge is 2.24. The van der Waals surface area contributed by atoms with Gasteiger partial charge >= 0.3 is 6.03 Å². The van der Waals surface area contributed by atoms with E-state index in [1.807, 2.05) is 7.05 Å². The number of rotatable bonds is 3. The fourth-order valence-electron chi connectivity index (χ4n) is 1.52. The highest BCUT2D eigenvalue weighted by molar-refractivity contribution is 6.30. The molecule has 16 heavy (non-hydrogen) atoms. The topological polar surface area (TPSA) is 32.3 Å². The van der Waals surface area contributed by atoms with Crippen molar-refractivity contribution in [2.24, 2.45) is 5.92 Å². The number of amides is 2. The maximum atomic E-state index is 11.7. The second-order valence-corrected chi connectivity index (χ2v) is 4.70. The van der Waals surface area contributed by atoms with Crippen molar-refractivity contribution in [1.29, 1.82) is 0 Å². The summed E-state index contributed by atoms with van der Waals surface area (Å²) in [6.45, 7) is 0.847. The Kier molecular flexibility index (Phi) is 3.34. The molecule has 2 amide bonds. The van der Waals surface area contributed by atoms with E-state index in [1.165, 1.54) is 12.8 Å². The Hall–Kier alpha value is -1.22. The summed E-state index contributed by atoms with van der Waals surface area (Å²) in [4.78, 5) is 13.5. The summed E-state index contributed by atoms with van der Waals surface area (Å²) in [7, 11) is 1.82. The molecule has 4 heteroatoms. The first-order valence-electron chi connectivity index (χ1n) is 5.43. The zero-order valence-corrected chi connectivity index (χ0v) is 10.00. The largest absolute Gasteiger partial charge is 0.327 e. The van der Waals surface area contributed by atoms with Gasteiger partial charge in [0, 0.05) is 24.3 Å². The maximum absolute atomic E-state index is 11.7. The zero-order chi connectivity index (χ0) is 11.5. The molecular weight excluding hydrogens is 224 g/mol. The quantitative estimate of drug-likeness (QED) is 0.862. The number of benzene rings is 1. The fourth-order valence-corrected chi connectivity index (χ4v) is 1.65. The van der Waals surface area contributed by atoms with E-state index in [4.69, 9.17) is 11.6 Å². The van der Waals surface area contributed by atoms with Gasteiger partial charge in [0.05, 0.1) is 0 Å². The molecule has 0 spiro atoms. The number of urea groups is 1. The van der Waals surface area contributed by atoms with Crippen LogP contribution in [0.5, 0.6) is 0 Å². The highest BCUT2D eigenvalue weighted by Crippen LogP contribution is 2.29. The van der Waals surface area contributed by atoms with Gasteiger partial charge in [0.15, 0.2) is 0 Å². The fraction of sp³-hybridized carbons (Fsp3) is 0.417. The lowest BCUT2D eigenvalue weighted by atomic mass is 10.3. The summed E-state index contributed by atoms with van der Waals surface area (Å²) < 4.78 is 0. The van der Waals surface area contributed by atoms with Crippen LogP contribution in [0, 0.1) is 5.92 Å². The molecular formula is C12H15ClN2O. The predicted molar refractivity (Wildman–Crippen MR) is 65.8 cm³/mol. The molecule has 1 N–H and O–H groups in total. The molecule has 0 heterocycles. The van der Waals surface area contributed by atoms with Crippen molar-refractivity contribution in [3.05, 3.63) is 29.3 Å². The van der Waals surface area contributed by atoms with Crippen LogP contribution in [0.4, 0.5) is 10.5 Å². The molecule has 0 aliphatic heterocycles. The molecule has 1 aliphatic carbocycles. The third-order valence-corrected chi connectivity index (χ3v) is 2.92. The highest BCUT2D eigenvalue weighted by atomic mass is 35.5. The Morgan fingerprint density at radius 2 is 2.06 bits per heavy atom. The van der Waals surface area contributed by atoms with Crippen molar-refractivity contribution >= 4 is 23.3 Å². The van der Waals surface area contributed by atoms with Crippen LogP contribution in [-0.2, 0) is 0 Å². The second-order valence-electron chi connectivity index (χ2n) is 4.26. The molecule has 1 fully saturated rings. The van der Waals surface area contributed by atoms with E-state index in [2.05, 4.69) is 5.32 Å². The predicted octanol–water partition coefficient (Wildman–Crippen LogP) is 3.21. The molecule has 0 aromatic heterocycles. The van der Waals surface area contributed by atoms with Crippen LogP contribution in [0.15, 0.2) is 24.3 Å². The first-order valence-corrected chi connectivity index (χ1v) is 5.80. The van der Waals surface area contributed by atoms with Crippen molar-refractivity contribution < 1.29 is 4.79 Å². The smallest absolute Gasteiger partial charge is 0.321 e. The van der Waals surface area contributed by atoms with Crippen molar-refractivity contribution in [3.63, 3.8) is 0 Å². The molecule has 2 rings (SSSR count). The average molecular weight is 239 g/mol. The van der Waals surface area contributed by atoms with Gasteiger partial charge in [0.2, 0.25) is 0 Å². The summed E-state index contributed by atoms with van der Waals surface area (Å²) in [6.07, 6.45) is 2.50. The molecule has 1 aliphatic rings. The molecule has 0 bridgehead atoms. The van der Waals surface area contributed by atoms with Crippen LogP contribution in [0.2, 0.25) is 5.02 Å². The minimum Gasteiger partial charge on any atom is -0.327 e. The molecule has 1 aromatic rings. The Morgan fingerprint density at radius 3 is 2.62 bits per heavy atom. The maximum Gasteiger partial charge on any atom is 0.321 e. The van der Waals surface area contributed by atoms with Gasteiger partial charge in [-0.1, -0.05) is 11.6 Å². The van der Waals surface area contributed by atoms with Gasteiger partial charge in [0.25, 0.3) is 0 Å². The first-order chi connectivity index (χ1) is 7.65. The van der Waals surface area contributed by atoms with Gasteiger partial charge in [-0.25, -0.2) is 4.79 Å². The third-order valence-electron chi connectivity index (χ3n) is 2.67. The van der Waals surface area contributed by atoms with Crippen LogP contribution in [0.3, 0.4) is 0 Å². The monoisotopic (exact) mass is 238 g/mol. The van der Waals surface area contributed by atoms with Crippen molar-refractivity contribution in [3.8, 4) is 0 Å². The van der Waals surface area contributed by atoms with Crippen LogP contribution in [-0.4, -0.2) is 24.5 Å². The van der Waals surface area contributed by atoms with Crippen LogP contribution >= 0.6 is 11.6 Å². The molecule has 0 atom stereocenters. The number of halogens is 1. The van der Waals surface area contributed by atoms with E-state index >= 15 is 0 Å². The number of carbonyl (C=O) groups is 1. The molecule has 3 nitrogen and oxygen atoms in total. The van der Waals surface area contributed by atoms with Gasteiger partial charge in [-0.05, 0) is 43.0 Å². The van der Waals surface area contributed by atoms with Crippen molar-refractivity contribution in [2.75, 3.05) is 18.9 Å². The van der Waals surface area contributed by atoms with Gasteiger partial charge in [-0.3, -0.25) is 0 Å². The number of anilines is 1. The lowest BCUT2D eigenvalue weighted by Crippen LogP contribution is -2.32.